The Morgan fingerprint density at radius 2 is 2.19 bits per heavy atom. The summed E-state index contributed by atoms with van der Waals surface area (Å²) in [4.78, 5) is 2.56. The highest BCUT2D eigenvalue weighted by atomic mass is 32.2. The summed E-state index contributed by atoms with van der Waals surface area (Å²) >= 11 is 0. The molecule has 118 valence electrons. The van der Waals surface area contributed by atoms with Gasteiger partial charge in [0.05, 0.1) is 11.5 Å². The summed E-state index contributed by atoms with van der Waals surface area (Å²) in [5.41, 5.74) is 1.30. The first-order valence-electron chi connectivity index (χ1n) is 7.42. The first-order valence-corrected chi connectivity index (χ1v) is 8.90. The monoisotopic (exact) mass is 312 g/mol. The van der Waals surface area contributed by atoms with Gasteiger partial charge in [-0.15, -0.1) is 0 Å². The number of benzene rings is 1. The third kappa shape index (κ3) is 3.83. The Morgan fingerprint density at radius 1 is 1.43 bits per heavy atom. The van der Waals surface area contributed by atoms with E-state index < -0.39 is 10.0 Å². The topological polar surface area (TPSA) is 69.6 Å². The Morgan fingerprint density at radius 3 is 2.86 bits per heavy atom. The zero-order valence-electron chi connectivity index (χ0n) is 12.7. The van der Waals surface area contributed by atoms with Crippen LogP contribution < -0.4 is 4.72 Å². The van der Waals surface area contributed by atoms with Crippen LogP contribution >= 0.6 is 0 Å². The van der Waals surface area contributed by atoms with Crippen molar-refractivity contribution >= 4 is 10.0 Å². The second-order valence-corrected chi connectivity index (χ2v) is 7.27. The summed E-state index contributed by atoms with van der Waals surface area (Å²) in [5, 5.41) is 9.17. The van der Waals surface area contributed by atoms with Crippen LogP contribution in [0.4, 0.5) is 0 Å². The highest BCUT2D eigenvalue weighted by Gasteiger charge is 2.25. The van der Waals surface area contributed by atoms with E-state index in [0.717, 1.165) is 25.9 Å². The molecule has 0 amide bonds. The molecule has 0 radical (unpaired) electrons. The van der Waals surface area contributed by atoms with E-state index in [1.807, 2.05) is 0 Å². The van der Waals surface area contributed by atoms with Gasteiger partial charge < -0.3 is 5.11 Å². The van der Waals surface area contributed by atoms with Crippen molar-refractivity contribution in [1.29, 1.82) is 0 Å². The molecule has 1 aromatic carbocycles. The summed E-state index contributed by atoms with van der Waals surface area (Å²) in [5.74, 6) is 0. The van der Waals surface area contributed by atoms with Crippen molar-refractivity contribution < 1.29 is 13.5 Å². The Bertz CT molecular complexity index is 587. The van der Waals surface area contributed by atoms with Crippen molar-refractivity contribution in [2.24, 2.45) is 0 Å². The van der Waals surface area contributed by atoms with Crippen LogP contribution in [0, 0.1) is 6.92 Å². The number of aryl methyl sites for hydroxylation is 1. The number of aliphatic hydroxyl groups is 1. The van der Waals surface area contributed by atoms with Crippen LogP contribution in [0.15, 0.2) is 23.1 Å². The average molecular weight is 312 g/mol. The lowest BCUT2D eigenvalue weighted by molar-refractivity contribution is 0.268. The van der Waals surface area contributed by atoms with Crippen LogP contribution in [0.5, 0.6) is 0 Å². The number of nitrogens with one attached hydrogen (secondary N) is 1. The Kier molecular flexibility index (Phi) is 5.37. The van der Waals surface area contributed by atoms with E-state index >= 15 is 0 Å². The second kappa shape index (κ2) is 6.87. The molecular weight excluding hydrogens is 288 g/mol. The lowest BCUT2D eigenvalue weighted by Gasteiger charge is -2.23. The maximum atomic E-state index is 12.5. The van der Waals surface area contributed by atoms with E-state index in [1.54, 1.807) is 25.1 Å². The molecular formula is C15H24N2O3S. The number of sulfonamides is 1. The summed E-state index contributed by atoms with van der Waals surface area (Å²) in [6.45, 7) is 6.15. The van der Waals surface area contributed by atoms with E-state index in [9.17, 15) is 8.42 Å². The van der Waals surface area contributed by atoms with Gasteiger partial charge in [-0.05, 0) is 50.0 Å². The van der Waals surface area contributed by atoms with Gasteiger partial charge in [0.15, 0.2) is 0 Å². The third-order valence-electron chi connectivity index (χ3n) is 4.14. The van der Waals surface area contributed by atoms with Crippen LogP contribution in [0.2, 0.25) is 0 Å². The quantitative estimate of drug-likeness (QED) is 0.829. The zero-order chi connectivity index (χ0) is 15.5. The van der Waals surface area contributed by atoms with Crippen molar-refractivity contribution in [2.75, 3.05) is 19.6 Å². The van der Waals surface area contributed by atoms with Crippen molar-refractivity contribution in [3.63, 3.8) is 0 Å². The van der Waals surface area contributed by atoms with Gasteiger partial charge in [-0.2, -0.15) is 0 Å². The van der Waals surface area contributed by atoms with Crippen molar-refractivity contribution in [2.45, 2.75) is 44.2 Å². The van der Waals surface area contributed by atoms with Gasteiger partial charge in [0.25, 0.3) is 0 Å². The van der Waals surface area contributed by atoms with Crippen LogP contribution in [-0.2, 0) is 16.6 Å². The largest absolute Gasteiger partial charge is 0.392 e. The molecule has 0 aliphatic carbocycles. The number of likely N-dealkylation sites (tertiary alicyclic amines) is 1. The number of nitrogens with zero attached hydrogens (tertiary/aromatic N) is 1. The summed E-state index contributed by atoms with van der Waals surface area (Å²) in [6, 6.07) is 5.30. The molecule has 1 unspecified atom stereocenters. The fourth-order valence-corrected chi connectivity index (χ4v) is 4.22. The normalized spacial score (nSPS) is 20.0. The molecule has 6 heteroatoms. The van der Waals surface area contributed by atoms with Crippen molar-refractivity contribution in [3.8, 4) is 0 Å². The predicted molar refractivity (Wildman–Crippen MR) is 82.6 cm³/mol. The molecule has 0 bridgehead atoms. The maximum absolute atomic E-state index is 12.5. The minimum Gasteiger partial charge on any atom is -0.392 e. The first-order chi connectivity index (χ1) is 9.97. The van der Waals surface area contributed by atoms with E-state index in [0.29, 0.717) is 17.7 Å². The molecule has 1 heterocycles. The molecule has 2 N–H and O–H groups in total. The fourth-order valence-electron chi connectivity index (χ4n) is 2.86. The molecule has 1 aliphatic rings. The molecule has 1 saturated heterocycles. The van der Waals surface area contributed by atoms with E-state index in [2.05, 4.69) is 16.5 Å². The van der Waals surface area contributed by atoms with Crippen molar-refractivity contribution in [3.05, 3.63) is 29.3 Å². The fraction of sp³-hybridized carbons (Fsp3) is 0.600. The SMILES string of the molecule is CCN1CCCC1CNS(=O)(=O)c1cc(CO)ccc1C. The highest BCUT2D eigenvalue weighted by Crippen LogP contribution is 2.19. The first kappa shape index (κ1) is 16.4. The second-order valence-electron chi connectivity index (χ2n) is 5.53. The smallest absolute Gasteiger partial charge is 0.240 e. The Labute approximate surface area is 127 Å². The lowest BCUT2D eigenvalue weighted by atomic mass is 10.2. The van der Waals surface area contributed by atoms with Gasteiger partial charge in [-0.1, -0.05) is 19.1 Å². The molecule has 1 fully saturated rings. The van der Waals surface area contributed by atoms with E-state index in [1.165, 1.54) is 0 Å². The summed E-state index contributed by atoms with van der Waals surface area (Å²) < 4.78 is 27.6. The zero-order valence-corrected chi connectivity index (χ0v) is 13.5. The van der Waals surface area contributed by atoms with Crippen LogP contribution in [0.1, 0.15) is 30.9 Å². The minimum atomic E-state index is -3.53. The number of hydrogen-bond donors (Lipinski definition) is 2. The van der Waals surface area contributed by atoms with Crippen molar-refractivity contribution in [1.82, 2.24) is 9.62 Å². The Balaban J connectivity index is 2.11. The van der Waals surface area contributed by atoms with Crippen LogP contribution in [-0.4, -0.2) is 44.1 Å². The molecule has 0 saturated carbocycles. The molecule has 1 aliphatic heterocycles. The molecule has 2 rings (SSSR count). The average Bonchev–Trinajstić information content (AvgIpc) is 2.93. The molecule has 21 heavy (non-hydrogen) atoms. The van der Waals surface area contributed by atoms with Gasteiger partial charge in [-0.3, -0.25) is 4.90 Å². The number of hydrogen-bond acceptors (Lipinski definition) is 4. The standard InChI is InChI=1S/C15H24N2O3S/c1-3-17-8-4-5-14(17)10-16-21(19,20)15-9-13(11-18)7-6-12(15)2/h6-7,9,14,16,18H,3-5,8,10-11H2,1-2H3. The number of likely N-dealkylation sites (N-methyl/N-ethyl adjacent to an activating group) is 1. The van der Waals surface area contributed by atoms with E-state index in [-0.39, 0.29) is 17.5 Å². The molecule has 0 spiro atoms. The highest BCUT2D eigenvalue weighted by molar-refractivity contribution is 7.89. The van der Waals surface area contributed by atoms with Gasteiger partial charge in [0, 0.05) is 12.6 Å². The molecule has 5 nitrogen and oxygen atoms in total. The van der Waals surface area contributed by atoms with Gasteiger partial charge in [-0.25, -0.2) is 13.1 Å². The summed E-state index contributed by atoms with van der Waals surface area (Å²) in [6.07, 6.45) is 2.16. The van der Waals surface area contributed by atoms with Gasteiger partial charge in [0.2, 0.25) is 10.0 Å². The Hall–Kier alpha value is -0.950. The number of rotatable bonds is 6. The maximum Gasteiger partial charge on any atom is 0.240 e. The third-order valence-corrected chi connectivity index (χ3v) is 5.70. The summed E-state index contributed by atoms with van der Waals surface area (Å²) in [7, 11) is -3.53. The van der Waals surface area contributed by atoms with Crippen LogP contribution in [0.25, 0.3) is 0 Å². The molecule has 0 aromatic heterocycles. The van der Waals surface area contributed by atoms with Gasteiger partial charge >= 0.3 is 0 Å². The predicted octanol–water partition coefficient (Wildman–Crippen LogP) is 1.25. The lowest BCUT2D eigenvalue weighted by Crippen LogP contribution is -2.40. The van der Waals surface area contributed by atoms with Gasteiger partial charge in [0.1, 0.15) is 0 Å². The molecule has 1 atom stereocenters. The minimum absolute atomic E-state index is 0.158. The molecule has 1 aromatic rings. The van der Waals surface area contributed by atoms with Crippen LogP contribution in [0.3, 0.4) is 0 Å². The number of aliphatic hydroxyl groups excluding tert-OH is 1. The van der Waals surface area contributed by atoms with E-state index in [4.69, 9.17) is 5.11 Å².